The van der Waals surface area contributed by atoms with Gasteiger partial charge in [0.1, 0.15) is 5.82 Å². The van der Waals surface area contributed by atoms with Crippen molar-refractivity contribution in [2.24, 2.45) is 0 Å². The van der Waals surface area contributed by atoms with Crippen LogP contribution in [0.3, 0.4) is 0 Å². The Morgan fingerprint density at radius 3 is 2.94 bits per heavy atom. The van der Waals surface area contributed by atoms with Crippen LogP contribution in [0.5, 0.6) is 0 Å². The average Bonchev–Trinajstić information content (AvgIpc) is 2.32. The summed E-state index contributed by atoms with van der Waals surface area (Å²) in [7, 11) is 2.18. The van der Waals surface area contributed by atoms with Crippen molar-refractivity contribution in [3.63, 3.8) is 0 Å². The van der Waals surface area contributed by atoms with Crippen LogP contribution in [0.4, 0.5) is 10.1 Å². The molecule has 1 atom stereocenters. The number of nitrogens with zero attached hydrogens (tertiary/aromatic N) is 1. The fraction of sp³-hybridized carbons (Fsp3) is 0.571. The largest absolute Gasteiger partial charge is 0.383 e. The highest BCUT2D eigenvalue weighted by Gasteiger charge is 2.18. The van der Waals surface area contributed by atoms with Crippen LogP contribution < -0.4 is 5.32 Å². The van der Waals surface area contributed by atoms with Crippen molar-refractivity contribution in [2.75, 3.05) is 25.5 Å². The fourth-order valence-corrected chi connectivity index (χ4v) is 2.39. The lowest BCUT2D eigenvalue weighted by Crippen LogP contribution is -2.40. The van der Waals surface area contributed by atoms with Crippen molar-refractivity contribution in [1.82, 2.24) is 4.90 Å². The van der Waals surface area contributed by atoms with Crippen LogP contribution in [0, 0.1) is 12.7 Å². The third-order valence-corrected chi connectivity index (χ3v) is 3.62. The van der Waals surface area contributed by atoms with Crippen LogP contribution in [-0.2, 0) is 0 Å². The van der Waals surface area contributed by atoms with Crippen molar-refractivity contribution in [2.45, 2.75) is 32.2 Å². The SMILES string of the molecule is Cc1cc(NCC2CCCCN2C)ccc1F. The first-order chi connectivity index (χ1) is 8.16. The number of likely N-dealkylation sites (N-methyl/N-ethyl adjacent to an activating group) is 1. The summed E-state index contributed by atoms with van der Waals surface area (Å²) in [4.78, 5) is 2.41. The first kappa shape index (κ1) is 12.4. The van der Waals surface area contributed by atoms with E-state index in [1.165, 1.54) is 31.9 Å². The molecular formula is C14H21FN2. The number of anilines is 1. The lowest BCUT2D eigenvalue weighted by Gasteiger charge is -2.32. The van der Waals surface area contributed by atoms with Gasteiger partial charge in [0.25, 0.3) is 0 Å². The minimum Gasteiger partial charge on any atom is -0.383 e. The Morgan fingerprint density at radius 1 is 1.41 bits per heavy atom. The molecule has 0 bridgehead atoms. The lowest BCUT2D eigenvalue weighted by atomic mass is 10.0. The van der Waals surface area contributed by atoms with Gasteiger partial charge in [-0.15, -0.1) is 0 Å². The van der Waals surface area contributed by atoms with E-state index in [0.29, 0.717) is 11.6 Å². The highest BCUT2D eigenvalue weighted by molar-refractivity contribution is 5.46. The molecule has 0 radical (unpaired) electrons. The number of likely N-dealkylation sites (tertiary alicyclic amines) is 1. The summed E-state index contributed by atoms with van der Waals surface area (Å²) in [6, 6.07) is 5.82. The Hall–Kier alpha value is -1.09. The highest BCUT2D eigenvalue weighted by Crippen LogP contribution is 2.17. The lowest BCUT2D eigenvalue weighted by molar-refractivity contribution is 0.194. The maximum Gasteiger partial charge on any atom is 0.126 e. The first-order valence-corrected chi connectivity index (χ1v) is 6.37. The van der Waals surface area contributed by atoms with E-state index in [4.69, 9.17) is 0 Å². The summed E-state index contributed by atoms with van der Waals surface area (Å²) in [5, 5.41) is 3.40. The van der Waals surface area contributed by atoms with Crippen LogP contribution in [0.1, 0.15) is 24.8 Å². The monoisotopic (exact) mass is 236 g/mol. The average molecular weight is 236 g/mol. The molecule has 1 aromatic rings. The van der Waals surface area contributed by atoms with Gasteiger partial charge in [-0.3, -0.25) is 0 Å². The predicted octanol–water partition coefficient (Wildman–Crippen LogP) is 3.03. The number of nitrogens with one attached hydrogen (secondary N) is 1. The molecule has 1 saturated heterocycles. The molecule has 1 aliphatic rings. The molecule has 0 amide bonds. The van der Waals surface area contributed by atoms with E-state index in [-0.39, 0.29) is 5.82 Å². The molecule has 0 aliphatic carbocycles. The zero-order valence-electron chi connectivity index (χ0n) is 10.7. The van der Waals surface area contributed by atoms with E-state index < -0.39 is 0 Å². The topological polar surface area (TPSA) is 15.3 Å². The Kier molecular flexibility index (Phi) is 4.00. The molecule has 0 spiro atoms. The van der Waals surface area contributed by atoms with Gasteiger partial charge in [-0.1, -0.05) is 6.42 Å². The number of rotatable bonds is 3. The van der Waals surface area contributed by atoms with E-state index in [0.717, 1.165) is 12.2 Å². The third kappa shape index (κ3) is 3.19. The summed E-state index contributed by atoms with van der Waals surface area (Å²) in [6.07, 6.45) is 3.88. The molecule has 1 unspecified atom stereocenters. The number of benzene rings is 1. The normalized spacial score (nSPS) is 21.5. The van der Waals surface area contributed by atoms with Gasteiger partial charge >= 0.3 is 0 Å². The van der Waals surface area contributed by atoms with Gasteiger partial charge in [0.05, 0.1) is 0 Å². The second-order valence-corrected chi connectivity index (χ2v) is 4.98. The Morgan fingerprint density at radius 2 is 2.24 bits per heavy atom. The zero-order valence-corrected chi connectivity index (χ0v) is 10.7. The van der Waals surface area contributed by atoms with Crippen LogP contribution >= 0.6 is 0 Å². The molecule has 1 N–H and O–H groups in total. The molecule has 2 rings (SSSR count). The number of piperidine rings is 1. The quantitative estimate of drug-likeness (QED) is 0.867. The second kappa shape index (κ2) is 5.50. The Balaban J connectivity index is 1.90. The van der Waals surface area contributed by atoms with Crippen LogP contribution in [0.2, 0.25) is 0 Å². The highest BCUT2D eigenvalue weighted by atomic mass is 19.1. The summed E-state index contributed by atoms with van der Waals surface area (Å²) < 4.78 is 13.1. The van der Waals surface area contributed by atoms with E-state index in [1.807, 2.05) is 12.1 Å². The van der Waals surface area contributed by atoms with E-state index in [1.54, 1.807) is 6.92 Å². The van der Waals surface area contributed by atoms with E-state index in [2.05, 4.69) is 17.3 Å². The standard InChI is InChI=1S/C14H21FN2/c1-11-9-12(6-7-14(11)15)16-10-13-5-3-4-8-17(13)2/h6-7,9,13,16H,3-5,8,10H2,1-2H3. The molecule has 3 heteroatoms. The molecule has 94 valence electrons. The number of aryl methyl sites for hydroxylation is 1. The summed E-state index contributed by atoms with van der Waals surface area (Å²) >= 11 is 0. The molecule has 2 nitrogen and oxygen atoms in total. The van der Waals surface area contributed by atoms with Crippen molar-refractivity contribution in [3.8, 4) is 0 Å². The third-order valence-electron chi connectivity index (χ3n) is 3.62. The van der Waals surface area contributed by atoms with E-state index >= 15 is 0 Å². The van der Waals surface area contributed by atoms with Crippen molar-refractivity contribution >= 4 is 5.69 Å². The molecule has 1 fully saturated rings. The molecule has 17 heavy (non-hydrogen) atoms. The number of hydrogen-bond acceptors (Lipinski definition) is 2. The molecular weight excluding hydrogens is 215 g/mol. The van der Waals surface area contributed by atoms with Gasteiger partial charge in [-0.25, -0.2) is 4.39 Å². The minimum atomic E-state index is -0.134. The van der Waals surface area contributed by atoms with Crippen LogP contribution in [0.15, 0.2) is 18.2 Å². The second-order valence-electron chi connectivity index (χ2n) is 4.98. The number of hydrogen-bond donors (Lipinski definition) is 1. The molecule has 1 aromatic carbocycles. The van der Waals surface area contributed by atoms with Gasteiger partial charge in [-0.05, 0) is 57.1 Å². The van der Waals surface area contributed by atoms with Gasteiger partial charge < -0.3 is 10.2 Å². The Bertz CT molecular complexity index is 378. The molecule has 0 saturated carbocycles. The smallest absolute Gasteiger partial charge is 0.126 e. The van der Waals surface area contributed by atoms with Crippen molar-refractivity contribution < 1.29 is 4.39 Å². The van der Waals surface area contributed by atoms with Gasteiger partial charge in [0.2, 0.25) is 0 Å². The van der Waals surface area contributed by atoms with Crippen LogP contribution in [-0.4, -0.2) is 31.1 Å². The molecule has 0 aromatic heterocycles. The maximum absolute atomic E-state index is 13.1. The number of halogens is 1. The summed E-state index contributed by atoms with van der Waals surface area (Å²) in [5.41, 5.74) is 1.72. The van der Waals surface area contributed by atoms with E-state index in [9.17, 15) is 4.39 Å². The van der Waals surface area contributed by atoms with Gasteiger partial charge in [-0.2, -0.15) is 0 Å². The predicted molar refractivity (Wildman–Crippen MR) is 69.9 cm³/mol. The fourth-order valence-electron chi connectivity index (χ4n) is 2.39. The van der Waals surface area contributed by atoms with Crippen LogP contribution in [0.25, 0.3) is 0 Å². The Labute approximate surface area is 103 Å². The van der Waals surface area contributed by atoms with Crippen molar-refractivity contribution in [3.05, 3.63) is 29.6 Å². The summed E-state index contributed by atoms with van der Waals surface area (Å²) in [6.45, 7) is 3.93. The minimum absolute atomic E-state index is 0.134. The van der Waals surface area contributed by atoms with Gasteiger partial charge in [0.15, 0.2) is 0 Å². The molecule has 1 aliphatic heterocycles. The van der Waals surface area contributed by atoms with Crippen molar-refractivity contribution in [1.29, 1.82) is 0 Å². The zero-order chi connectivity index (χ0) is 12.3. The first-order valence-electron chi connectivity index (χ1n) is 6.37. The maximum atomic E-state index is 13.1. The summed E-state index contributed by atoms with van der Waals surface area (Å²) in [5.74, 6) is -0.134. The molecule has 1 heterocycles. The van der Waals surface area contributed by atoms with Gasteiger partial charge in [0, 0.05) is 18.3 Å².